The number of carbonyl (C=O) groups excluding carboxylic acids is 1. The van der Waals surface area contributed by atoms with Gasteiger partial charge in [0.1, 0.15) is 11.1 Å². The minimum atomic E-state index is -1.08. The monoisotopic (exact) mass is 471 g/mol. The fourth-order valence-electron chi connectivity index (χ4n) is 3.35. The second-order valence-corrected chi connectivity index (χ2v) is 9.84. The smallest absolute Gasteiger partial charge is 0.412 e. The van der Waals surface area contributed by atoms with Crippen LogP contribution in [0.1, 0.15) is 50.1 Å². The Morgan fingerprint density at radius 3 is 2.58 bits per heavy atom. The van der Waals surface area contributed by atoms with Crippen LogP contribution in [0.4, 0.5) is 15.3 Å². The summed E-state index contributed by atoms with van der Waals surface area (Å²) in [4.78, 5) is 30.6. The van der Waals surface area contributed by atoms with Gasteiger partial charge in [0.2, 0.25) is 0 Å². The number of rotatable bonds is 7. The summed E-state index contributed by atoms with van der Waals surface area (Å²) >= 11 is 1.48. The third-order valence-corrected chi connectivity index (χ3v) is 6.37. The zero-order chi connectivity index (χ0) is 24.2. The molecule has 0 aliphatic carbocycles. The van der Waals surface area contributed by atoms with E-state index in [1.54, 1.807) is 24.5 Å². The number of alkyl carbamates (subject to hydrolysis) is 1. The first-order valence-corrected chi connectivity index (χ1v) is 11.5. The fraction of sp³-hybridized carbons (Fsp3) is 0.435. The molecule has 0 aromatic carbocycles. The van der Waals surface area contributed by atoms with Crippen LogP contribution in [0.3, 0.4) is 0 Å². The standard InChI is InChI=1S/C23H29N5O4S/c1-6-16(26-21(29)32-23(3,4)5)11-18-14(2)19-20(33-18)17(12-25-27-19)28(22(30)31)13-15-7-9-24-10-8-15/h7-10,12,16H,6,11,13H2,1-5H3,(H,26,29)(H,30,31). The molecule has 176 valence electrons. The number of anilines is 1. The van der Waals surface area contributed by atoms with E-state index in [-0.39, 0.29) is 12.6 Å². The van der Waals surface area contributed by atoms with E-state index in [4.69, 9.17) is 4.74 Å². The summed E-state index contributed by atoms with van der Waals surface area (Å²) in [6, 6.07) is 3.43. The van der Waals surface area contributed by atoms with Crippen molar-refractivity contribution in [1.82, 2.24) is 20.5 Å². The van der Waals surface area contributed by atoms with Crippen LogP contribution in [0.15, 0.2) is 30.7 Å². The van der Waals surface area contributed by atoms with Gasteiger partial charge in [-0.25, -0.2) is 9.59 Å². The minimum Gasteiger partial charge on any atom is -0.465 e. The minimum absolute atomic E-state index is 0.129. The highest BCUT2D eigenvalue weighted by Crippen LogP contribution is 2.37. The number of nitrogens with zero attached hydrogens (tertiary/aromatic N) is 4. The first-order valence-electron chi connectivity index (χ1n) is 10.7. The molecular weight excluding hydrogens is 442 g/mol. The van der Waals surface area contributed by atoms with Gasteiger partial charge in [-0.2, -0.15) is 5.10 Å². The number of aromatic nitrogens is 3. The second kappa shape index (κ2) is 10.1. The number of hydrogen-bond donors (Lipinski definition) is 2. The van der Waals surface area contributed by atoms with Crippen LogP contribution in [-0.4, -0.2) is 44.1 Å². The lowest BCUT2D eigenvalue weighted by molar-refractivity contribution is 0.0503. The van der Waals surface area contributed by atoms with Crippen LogP contribution >= 0.6 is 11.3 Å². The Balaban J connectivity index is 1.90. The van der Waals surface area contributed by atoms with Crippen molar-refractivity contribution in [2.24, 2.45) is 0 Å². The van der Waals surface area contributed by atoms with Crippen molar-refractivity contribution >= 4 is 39.4 Å². The summed E-state index contributed by atoms with van der Waals surface area (Å²) in [5, 5.41) is 21.2. The molecule has 2 N–H and O–H groups in total. The van der Waals surface area contributed by atoms with Crippen LogP contribution in [0.5, 0.6) is 0 Å². The van der Waals surface area contributed by atoms with E-state index < -0.39 is 17.8 Å². The summed E-state index contributed by atoms with van der Waals surface area (Å²) in [6.45, 7) is 9.58. The fourth-order valence-corrected chi connectivity index (χ4v) is 4.69. The lowest BCUT2D eigenvalue weighted by atomic mass is 10.1. The second-order valence-electron chi connectivity index (χ2n) is 8.74. The number of nitrogens with one attached hydrogen (secondary N) is 1. The van der Waals surface area contributed by atoms with E-state index >= 15 is 0 Å². The number of fused-ring (bicyclic) bond motifs is 1. The number of carbonyl (C=O) groups is 2. The van der Waals surface area contributed by atoms with Gasteiger partial charge < -0.3 is 15.2 Å². The number of thiophene rings is 1. The molecule has 1 unspecified atom stereocenters. The lowest BCUT2D eigenvalue weighted by Crippen LogP contribution is -2.39. The number of hydrogen-bond acceptors (Lipinski definition) is 7. The van der Waals surface area contributed by atoms with Gasteiger partial charge >= 0.3 is 12.2 Å². The molecule has 3 heterocycles. The van der Waals surface area contributed by atoms with Gasteiger partial charge in [0.05, 0.1) is 23.1 Å². The molecule has 0 spiro atoms. The number of pyridine rings is 1. The number of aryl methyl sites for hydroxylation is 1. The molecule has 0 bridgehead atoms. The normalized spacial score (nSPS) is 12.4. The summed E-state index contributed by atoms with van der Waals surface area (Å²) in [5.74, 6) is 0. The lowest BCUT2D eigenvalue weighted by Gasteiger charge is -2.23. The molecule has 33 heavy (non-hydrogen) atoms. The highest BCUT2D eigenvalue weighted by molar-refractivity contribution is 7.19. The molecule has 1 atom stereocenters. The molecule has 0 aliphatic heterocycles. The highest BCUT2D eigenvalue weighted by atomic mass is 32.1. The van der Waals surface area contributed by atoms with Crippen LogP contribution in [0.2, 0.25) is 0 Å². The van der Waals surface area contributed by atoms with Gasteiger partial charge in [0.25, 0.3) is 0 Å². The maximum absolute atomic E-state index is 12.2. The zero-order valence-electron chi connectivity index (χ0n) is 19.5. The van der Waals surface area contributed by atoms with Crippen LogP contribution in [-0.2, 0) is 17.7 Å². The van der Waals surface area contributed by atoms with Crippen molar-refractivity contribution < 1.29 is 19.4 Å². The quantitative estimate of drug-likeness (QED) is 0.502. The number of ether oxygens (including phenoxy) is 1. The van der Waals surface area contributed by atoms with Gasteiger partial charge in [-0.1, -0.05) is 6.92 Å². The molecule has 0 saturated heterocycles. The summed E-state index contributed by atoms with van der Waals surface area (Å²) in [6.07, 6.45) is 4.51. The molecule has 0 aliphatic rings. The average Bonchev–Trinajstić information content (AvgIpc) is 3.06. The maximum Gasteiger partial charge on any atom is 0.412 e. The highest BCUT2D eigenvalue weighted by Gasteiger charge is 2.24. The predicted molar refractivity (Wildman–Crippen MR) is 128 cm³/mol. The van der Waals surface area contributed by atoms with Crippen molar-refractivity contribution in [3.05, 3.63) is 46.7 Å². The molecule has 3 aromatic rings. The first kappa shape index (κ1) is 24.4. The molecule has 10 heteroatoms. The topological polar surface area (TPSA) is 118 Å². The number of amides is 2. The van der Waals surface area contributed by atoms with Gasteiger partial charge in [-0.15, -0.1) is 16.4 Å². The Labute approximate surface area is 196 Å². The molecule has 3 aromatic heterocycles. The third kappa shape index (κ3) is 6.16. The Morgan fingerprint density at radius 2 is 1.97 bits per heavy atom. The summed E-state index contributed by atoms with van der Waals surface area (Å²) in [5.41, 5.74) is 2.33. The van der Waals surface area contributed by atoms with Gasteiger partial charge in [0, 0.05) is 29.7 Å². The number of carboxylic acid groups (broad SMARTS) is 1. The van der Waals surface area contributed by atoms with Crippen LogP contribution in [0, 0.1) is 6.92 Å². The zero-order valence-corrected chi connectivity index (χ0v) is 20.3. The average molecular weight is 472 g/mol. The molecule has 0 saturated carbocycles. The maximum atomic E-state index is 12.2. The molecule has 0 fully saturated rings. The van der Waals surface area contributed by atoms with E-state index in [2.05, 4.69) is 20.5 Å². The SMILES string of the molecule is CCC(Cc1sc2c(N(Cc3ccncc3)C(=O)O)cnnc2c1C)NC(=O)OC(C)(C)C. The van der Waals surface area contributed by atoms with Crippen LogP contribution in [0.25, 0.3) is 10.2 Å². The molecule has 2 amide bonds. The van der Waals surface area contributed by atoms with Crippen molar-refractivity contribution in [2.45, 2.75) is 65.6 Å². The van der Waals surface area contributed by atoms with E-state index in [9.17, 15) is 14.7 Å². The van der Waals surface area contributed by atoms with E-state index in [1.807, 2.05) is 34.6 Å². The van der Waals surface area contributed by atoms with E-state index in [0.29, 0.717) is 17.6 Å². The largest absolute Gasteiger partial charge is 0.465 e. The van der Waals surface area contributed by atoms with Gasteiger partial charge in [0.15, 0.2) is 0 Å². The molecular formula is C23H29N5O4S. The molecule has 3 rings (SSSR count). The van der Waals surface area contributed by atoms with Crippen molar-refractivity contribution in [2.75, 3.05) is 4.90 Å². The predicted octanol–water partition coefficient (Wildman–Crippen LogP) is 4.93. The summed E-state index contributed by atoms with van der Waals surface area (Å²) in [7, 11) is 0. The van der Waals surface area contributed by atoms with Gasteiger partial charge in [-0.3, -0.25) is 9.88 Å². The Hall–Kier alpha value is -3.27. The van der Waals surface area contributed by atoms with Crippen molar-refractivity contribution in [3.63, 3.8) is 0 Å². The molecule has 0 radical (unpaired) electrons. The Morgan fingerprint density at radius 1 is 1.27 bits per heavy atom. The summed E-state index contributed by atoms with van der Waals surface area (Å²) < 4.78 is 6.14. The van der Waals surface area contributed by atoms with Crippen molar-refractivity contribution in [1.29, 1.82) is 0 Å². The van der Waals surface area contributed by atoms with E-state index in [0.717, 1.165) is 27.1 Å². The molecule has 9 nitrogen and oxygen atoms in total. The van der Waals surface area contributed by atoms with E-state index in [1.165, 1.54) is 22.4 Å². The Kier molecular flexibility index (Phi) is 7.47. The van der Waals surface area contributed by atoms with Crippen molar-refractivity contribution in [3.8, 4) is 0 Å². The first-order chi connectivity index (χ1) is 15.6. The van der Waals surface area contributed by atoms with Crippen LogP contribution < -0.4 is 10.2 Å². The van der Waals surface area contributed by atoms with Gasteiger partial charge in [-0.05, 0) is 57.4 Å². The Bertz CT molecular complexity index is 1130. The third-order valence-electron chi connectivity index (χ3n) is 5.04.